The van der Waals surface area contributed by atoms with E-state index in [2.05, 4.69) is 29.4 Å². The zero-order valence-corrected chi connectivity index (χ0v) is 11.0. The number of carbonyl (C=O) groups excluding carboxylic acids is 1. The Morgan fingerprint density at radius 1 is 1.18 bits per heavy atom. The fourth-order valence-corrected chi connectivity index (χ4v) is 1.44. The van der Waals surface area contributed by atoms with E-state index < -0.39 is 18.0 Å². The maximum atomic E-state index is 11.4. The number of likely N-dealkylation sites (N-methyl/N-ethyl adjacent to an activating group) is 1. The van der Waals surface area contributed by atoms with Gasteiger partial charge in [0.25, 0.3) is 0 Å². The number of urea groups is 1. The van der Waals surface area contributed by atoms with Gasteiger partial charge >= 0.3 is 12.0 Å². The van der Waals surface area contributed by atoms with Gasteiger partial charge in [0.15, 0.2) is 0 Å². The van der Waals surface area contributed by atoms with Crippen molar-refractivity contribution in [2.75, 3.05) is 19.6 Å². The summed E-state index contributed by atoms with van der Waals surface area (Å²) in [6.45, 7) is 10.0. The number of hydrogen-bond acceptors (Lipinski definition) is 3. The number of carboxylic acid groups (broad SMARTS) is 1. The molecule has 0 heterocycles. The van der Waals surface area contributed by atoms with E-state index in [1.54, 1.807) is 0 Å². The number of hydrogen-bond donors (Lipinski definition) is 3. The van der Waals surface area contributed by atoms with Gasteiger partial charge in [-0.15, -0.1) is 0 Å². The van der Waals surface area contributed by atoms with Crippen LogP contribution in [-0.4, -0.2) is 53.7 Å². The highest BCUT2D eigenvalue weighted by Gasteiger charge is 2.15. The van der Waals surface area contributed by atoms with Gasteiger partial charge in [-0.25, -0.2) is 4.79 Å². The van der Waals surface area contributed by atoms with E-state index in [-0.39, 0.29) is 6.04 Å². The van der Waals surface area contributed by atoms with Gasteiger partial charge in [-0.3, -0.25) is 4.79 Å². The molecule has 0 aliphatic rings. The van der Waals surface area contributed by atoms with Crippen molar-refractivity contribution in [3.05, 3.63) is 0 Å². The van der Waals surface area contributed by atoms with Crippen molar-refractivity contribution in [1.29, 1.82) is 0 Å². The second kappa shape index (κ2) is 7.89. The molecule has 6 nitrogen and oxygen atoms in total. The van der Waals surface area contributed by atoms with Crippen LogP contribution >= 0.6 is 0 Å². The molecule has 0 aromatic carbocycles. The van der Waals surface area contributed by atoms with Crippen LogP contribution in [0.1, 0.15) is 27.7 Å². The molecule has 0 aromatic rings. The van der Waals surface area contributed by atoms with Crippen LogP contribution in [0.5, 0.6) is 0 Å². The average molecular weight is 245 g/mol. The molecule has 3 N–H and O–H groups in total. The van der Waals surface area contributed by atoms with Crippen LogP contribution in [0.4, 0.5) is 4.79 Å². The van der Waals surface area contributed by atoms with Crippen LogP contribution in [0, 0.1) is 0 Å². The standard InChI is InChI=1S/C11H23N3O3/c1-5-14(6-2)7-8(3)12-11(17)13-9(4)10(15)16/h8-9H,5-7H2,1-4H3,(H,15,16)(H2,12,13,17). The number of rotatable bonds is 7. The van der Waals surface area contributed by atoms with Gasteiger partial charge in [0.1, 0.15) is 6.04 Å². The van der Waals surface area contributed by atoms with Crippen molar-refractivity contribution in [3.63, 3.8) is 0 Å². The highest BCUT2D eigenvalue weighted by Crippen LogP contribution is 1.92. The van der Waals surface area contributed by atoms with Crippen LogP contribution in [0.25, 0.3) is 0 Å². The Morgan fingerprint density at radius 2 is 1.71 bits per heavy atom. The van der Waals surface area contributed by atoms with Crippen LogP contribution in [0.15, 0.2) is 0 Å². The molecule has 0 saturated heterocycles. The minimum Gasteiger partial charge on any atom is -0.480 e. The highest BCUT2D eigenvalue weighted by molar-refractivity contribution is 5.82. The summed E-state index contributed by atoms with van der Waals surface area (Å²) in [5.41, 5.74) is 0. The van der Waals surface area contributed by atoms with Crippen LogP contribution < -0.4 is 10.6 Å². The Bertz CT molecular complexity index is 254. The first-order chi connectivity index (χ1) is 7.90. The average Bonchev–Trinajstić information content (AvgIpc) is 2.25. The monoisotopic (exact) mass is 245 g/mol. The molecule has 0 bridgehead atoms. The van der Waals surface area contributed by atoms with Crippen molar-refractivity contribution in [2.45, 2.75) is 39.8 Å². The summed E-state index contributed by atoms with van der Waals surface area (Å²) < 4.78 is 0. The molecule has 2 atom stereocenters. The molecule has 17 heavy (non-hydrogen) atoms. The molecule has 0 aliphatic heterocycles. The Hall–Kier alpha value is -1.30. The highest BCUT2D eigenvalue weighted by atomic mass is 16.4. The predicted molar refractivity (Wildman–Crippen MR) is 66.0 cm³/mol. The van der Waals surface area contributed by atoms with Crippen molar-refractivity contribution < 1.29 is 14.7 Å². The molecule has 0 aliphatic carbocycles. The van der Waals surface area contributed by atoms with E-state index in [1.165, 1.54) is 6.92 Å². The van der Waals surface area contributed by atoms with Crippen LogP contribution in [0.3, 0.4) is 0 Å². The fourth-order valence-electron chi connectivity index (χ4n) is 1.44. The molecule has 0 spiro atoms. The first-order valence-corrected chi connectivity index (χ1v) is 5.92. The molecule has 2 amide bonds. The van der Waals surface area contributed by atoms with Crippen LogP contribution in [0.2, 0.25) is 0 Å². The lowest BCUT2D eigenvalue weighted by Crippen LogP contribution is -2.49. The lowest BCUT2D eigenvalue weighted by molar-refractivity contribution is -0.138. The summed E-state index contributed by atoms with van der Waals surface area (Å²) in [6.07, 6.45) is 0. The summed E-state index contributed by atoms with van der Waals surface area (Å²) >= 11 is 0. The Kier molecular flexibility index (Phi) is 7.29. The van der Waals surface area contributed by atoms with Crippen molar-refractivity contribution >= 4 is 12.0 Å². The number of nitrogens with zero attached hydrogens (tertiary/aromatic N) is 1. The number of carboxylic acids is 1. The fraction of sp³-hybridized carbons (Fsp3) is 0.818. The van der Waals surface area contributed by atoms with Crippen LogP contribution in [-0.2, 0) is 4.79 Å². The Morgan fingerprint density at radius 3 is 2.12 bits per heavy atom. The SMILES string of the molecule is CCN(CC)CC(C)NC(=O)NC(C)C(=O)O. The van der Waals surface area contributed by atoms with Gasteiger partial charge in [0.2, 0.25) is 0 Å². The smallest absolute Gasteiger partial charge is 0.325 e. The maximum absolute atomic E-state index is 11.4. The molecule has 0 radical (unpaired) electrons. The van der Waals surface area contributed by atoms with Crippen molar-refractivity contribution in [1.82, 2.24) is 15.5 Å². The molecule has 0 fully saturated rings. The zero-order chi connectivity index (χ0) is 13.4. The Balaban J connectivity index is 3.99. The summed E-state index contributed by atoms with van der Waals surface area (Å²) in [5.74, 6) is -1.04. The Labute approximate surface area is 102 Å². The molecule has 0 saturated carbocycles. The molecule has 0 rings (SSSR count). The third-order valence-electron chi connectivity index (χ3n) is 2.52. The van der Waals surface area contributed by atoms with E-state index >= 15 is 0 Å². The van der Waals surface area contributed by atoms with Gasteiger partial charge in [0.05, 0.1) is 0 Å². The third kappa shape index (κ3) is 6.78. The number of aliphatic carboxylic acids is 1. The summed E-state index contributed by atoms with van der Waals surface area (Å²) in [5, 5.41) is 13.7. The number of amides is 2. The topological polar surface area (TPSA) is 81.7 Å². The van der Waals surface area contributed by atoms with Gasteiger partial charge in [-0.1, -0.05) is 13.8 Å². The molecular weight excluding hydrogens is 222 g/mol. The van der Waals surface area contributed by atoms with E-state index in [1.807, 2.05) is 6.92 Å². The number of carbonyl (C=O) groups is 2. The quantitative estimate of drug-likeness (QED) is 0.609. The number of nitrogens with one attached hydrogen (secondary N) is 2. The zero-order valence-electron chi connectivity index (χ0n) is 11.0. The van der Waals surface area contributed by atoms with E-state index in [0.29, 0.717) is 0 Å². The minimum atomic E-state index is -1.04. The van der Waals surface area contributed by atoms with E-state index in [9.17, 15) is 9.59 Å². The molecule has 100 valence electrons. The predicted octanol–water partition coefficient (Wildman–Crippen LogP) is 0.489. The third-order valence-corrected chi connectivity index (χ3v) is 2.52. The van der Waals surface area contributed by atoms with Crippen molar-refractivity contribution in [3.8, 4) is 0 Å². The van der Waals surface area contributed by atoms with E-state index in [0.717, 1.165) is 19.6 Å². The summed E-state index contributed by atoms with van der Waals surface area (Å²) in [4.78, 5) is 24.1. The molecule has 0 aromatic heterocycles. The largest absolute Gasteiger partial charge is 0.480 e. The second-order valence-corrected chi connectivity index (χ2v) is 4.06. The maximum Gasteiger partial charge on any atom is 0.325 e. The lowest BCUT2D eigenvalue weighted by Gasteiger charge is -2.23. The molecular formula is C11H23N3O3. The lowest BCUT2D eigenvalue weighted by atomic mass is 10.3. The summed E-state index contributed by atoms with van der Waals surface area (Å²) in [6, 6.07) is -1.34. The first kappa shape index (κ1) is 15.7. The molecule has 2 unspecified atom stereocenters. The van der Waals surface area contributed by atoms with Crippen molar-refractivity contribution in [2.24, 2.45) is 0 Å². The normalized spacial score (nSPS) is 14.2. The van der Waals surface area contributed by atoms with Gasteiger partial charge in [-0.2, -0.15) is 0 Å². The molecule has 6 heteroatoms. The van der Waals surface area contributed by atoms with Gasteiger partial charge in [0, 0.05) is 12.6 Å². The van der Waals surface area contributed by atoms with Gasteiger partial charge in [-0.05, 0) is 26.9 Å². The minimum absolute atomic E-state index is 0.0177. The summed E-state index contributed by atoms with van der Waals surface area (Å²) in [7, 11) is 0. The van der Waals surface area contributed by atoms with E-state index in [4.69, 9.17) is 5.11 Å². The van der Waals surface area contributed by atoms with Gasteiger partial charge < -0.3 is 20.6 Å². The second-order valence-electron chi connectivity index (χ2n) is 4.06. The first-order valence-electron chi connectivity index (χ1n) is 5.92.